The van der Waals surface area contributed by atoms with E-state index in [9.17, 15) is 9.59 Å². The SMILES string of the molecule is CCOC(=O)c1c(C)[nH]c(/C=C(\C#N)C(=O)NC2CC2)c1C. The lowest BCUT2D eigenvalue weighted by Crippen LogP contribution is -2.26. The Morgan fingerprint density at radius 3 is 2.68 bits per heavy atom. The molecule has 1 saturated carbocycles. The van der Waals surface area contributed by atoms with E-state index in [0.29, 0.717) is 29.1 Å². The first-order valence-electron chi connectivity index (χ1n) is 7.26. The van der Waals surface area contributed by atoms with E-state index >= 15 is 0 Å². The van der Waals surface area contributed by atoms with Crippen LogP contribution < -0.4 is 5.32 Å². The molecule has 6 heteroatoms. The number of esters is 1. The molecular formula is C16H19N3O3. The smallest absolute Gasteiger partial charge is 0.340 e. The minimum absolute atomic E-state index is 0.0201. The molecule has 2 N–H and O–H groups in total. The Hall–Kier alpha value is -2.55. The molecule has 2 rings (SSSR count). The van der Waals surface area contributed by atoms with Crippen LogP contribution in [0.25, 0.3) is 6.08 Å². The van der Waals surface area contributed by atoms with Crippen LogP contribution in [0, 0.1) is 25.2 Å². The number of nitrogens with zero attached hydrogens (tertiary/aromatic N) is 1. The summed E-state index contributed by atoms with van der Waals surface area (Å²) in [5.41, 5.74) is 2.37. The van der Waals surface area contributed by atoms with Gasteiger partial charge in [0, 0.05) is 17.4 Å². The van der Waals surface area contributed by atoms with Crippen molar-refractivity contribution in [2.24, 2.45) is 0 Å². The molecule has 0 atom stereocenters. The fourth-order valence-electron chi connectivity index (χ4n) is 2.21. The van der Waals surface area contributed by atoms with Gasteiger partial charge in [-0.05, 0) is 45.3 Å². The third-order valence-electron chi connectivity index (χ3n) is 3.52. The number of nitrogens with one attached hydrogen (secondary N) is 2. The maximum Gasteiger partial charge on any atom is 0.340 e. The second kappa shape index (κ2) is 6.48. The van der Waals surface area contributed by atoms with Crippen molar-refractivity contribution in [1.82, 2.24) is 10.3 Å². The standard InChI is InChI=1S/C16H19N3O3/c1-4-22-16(21)14-9(2)13(18-10(14)3)7-11(8-17)15(20)19-12-5-6-12/h7,12,18H,4-6H2,1-3H3,(H,19,20)/b11-7+. The molecule has 0 spiro atoms. The van der Waals surface area contributed by atoms with E-state index in [1.165, 1.54) is 6.08 Å². The third kappa shape index (κ3) is 3.37. The van der Waals surface area contributed by atoms with Crippen molar-refractivity contribution in [3.63, 3.8) is 0 Å². The lowest BCUT2D eigenvalue weighted by atomic mass is 10.1. The molecule has 1 aliphatic carbocycles. The molecule has 1 heterocycles. The molecule has 1 aromatic heterocycles. The Balaban J connectivity index is 2.29. The van der Waals surface area contributed by atoms with Crippen molar-refractivity contribution in [3.05, 3.63) is 28.1 Å². The van der Waals surface area contributed by atoms with Crippen molar-refractivity contribution >= 4 is 18.0 Å². The first kappa shape index (κ1) is 15.8. The molecule has 0 radical (unpaired) electrons. The van der Waals surface area contributed by atoms with Gasteiger partial charge in [0.05, 0.1) is 12.2 Å². The van der Waals surface area contributed by atoms with Gasteiger partial charge in [0.2, 0.25) is 0 Å². The van der Waals surface area contributed by atoms with Crippen molar-refractivity contribution in [2.75, 3.05) is 6.61 Å². The quantitative estimate of drug-likeness (QED) is 0.494. The van der Waals surface area contributed by atoms with E-state index in [2.05, 4.69) is 10.3 Å². The third-order valence-corrected chi connectivity index (χ3v) is 3.52. The van der Waals surface area contributed by atoms with Crippen LogP contribution in [-0.2, 0) is 9.53 Å². The molecule has 6 nitrogen and oxygen atoms in total. The summed E-state index contributed by atoms with van der Waals surface area (Å²) < 4.78 is 5.02. The lowest BCUT2D eigenvalue weighted by molar-refractivity contribution is -0.117. The van der Waals surface area contributed by atoms with E-state index in [4.69, 9.17) is 10.00 Å². The largest absolute Gasteiger partial charge is 0.462 e. The van der Waals surface area contributed by atoms with Crippen LogP contribution in [-0.4, -0.2) is 29.5 Å². The predicted octanol–water partition coefficient (Wildman–Crippen LogP) is 1.99. The zero-order chi connectivity index (χ0) is 16.3. The monoisotopic (exact) mass is 301 g/mol. The zero-order valence-corrected chi connectivity index (χ0v) is 12.9. The Kier molecular flexibility index (Phi) is 4.66. The van der Waals surface area contributed by atoms with Crippen LogP contribution in [0.15, 0.2) is 5.57 Å². The molecule has 0 aliphatic heterocycles. The molecule has 0 unspecified atom stereocenters. The zero-order valence-electron chi connectivity index (χ0n) is 12.9. The summed E-state index contributed by atoms with van der Waals surface area (Å²) in [5.74, 6) is -0.788. The Labute approximate surface area is 129 Å². The predicted molar refractivity (Wildman–Crippen MR) is 81.0 cm³/mol. The summed E-state index contributed by atoms with van der Waals surface area (Å²) >= 11 is 0. The van der Waals surface area contributed by atoms with Gasteiger partial charge in [-0.3, -0.25) is 4.79 Å². The van der Waals surface area contributed by atoms with Gasteiger partial charge < -0.3 is 15.0 Å². The molecule has 1 fully saturated rings. The summed E-state index contributed by atoms with van der Waals surface area (Å²) in [7, 11) is 0. The van der Waals surface area contributed by atoms with Gasteiger partial charge in [-0.1, -0.05) is 0 Å². The van der Waals surface area contributed by atoms with Crippen molar-refractivity contribution < 1.29 is 14.3 Å². The van der Waals surface area contributed by atoms with Crippen LogP contribution in [0.3, 0.4) is 0 Å². The molecule has 1 aliphatic rings. The molecular weight excluding hydrogens is 282 g/mol. The van der Waals surface area contributed by atoms with E-state index in [0.717, 1.165) is 12.8 Å². The number of aromatic amines is 1. The highest BCUT2D eigenvalue weighted by atomic mass is 16.5. The molecule has 116 valence electrons. The van der Waals surface area contributed by atoms with E-state index in [1.54, 1.807) is 20.8 Å². The first-order chi connectivity index (χ1) is 10.5. The topological polar surface area (TPSA) is 95.0 Å². The Morgan fingerprint density at radius 1 is 1.45 bits per heavy atom. The molecule has 22 heavy (non-hydrogen) atoms. The van der Waals surface area contributed by atoms with Gasteiger partial charge in [-0.15, -0.1) is 0 Å². The number of aryl methyl sites for hydroxylation is 1. The van der Waals surface area contributed by atoms with Crippen molar-refractivity contribution in [1.29, 1.82) is 5.26 Å². The minimum Gasteiger partial charge on any atom is -0.462 e. The average molecular weight is 301 g/mol. The van der Waals surface area contributed by atoms with E-state index < -0.39 is 5.97 Å². The van der Waals surface area contributed by atoms with Crippen LogP contribution in [0.4, 0.5) is 0 Å². The number of rotatable bonds is 5. The minimum atomic E-state index is -0.408. The van der Waals surface area contributed by atoms with Gasteiger partial charge >= 0.3 is 5.97 Å². The number of carbonyl (C=O) groups excluding carboxylic acids is 2. The highest BCUT2D eigenvalue weighted by Crippen LogP contribution is 2.22. The van der Waals surface area contributed by atoms with Gasteiger partial charge in [0.15, 0.2) is 0 Å². The second-order valence-electron chi connectivity index (χ2n) is 5.30. The number of hydrogen-bond donors (Lipinski definition) is 2. The molecule has 0 saturated heterocycles. The number of carbonyl (C=O) groups is 2. The summed E-state index contributed by atoms with van der Waals surface area (Å²) in [6, 6.07) is 2.09. The number of H-pyrrole nitrogens is 1. The fraction of sp³-hybridized carbons (Fsp3) is 0.438. The summed E-state index contributed by atoms with van der Waals surface area (Å²) in [6.07, 6.45) is 3.39. The Bertz CT molecular complexity index is 676. The summed E-state index contributed by atoms with van der Waals surface area (Å²) in [4.78, 5) is 26.9. The molecule has 1 amide bonds. The second-order valence-corrected chi connectivity index (χ2v) is 5.30. The van der Waals surface area contributed by atoms with Crippen LogP contribution >= 0.6 is 0 Å². The van der Waals surface area contributed by atoms with Gasteiger partial charge in [0.1, 0.15) is 11.6 Å². The number of aromatic nitrogens is 1. The number of nitriles is 1. The molecule has 0 aromatic carbocycles. The average Bonchev–Trinajstić information content (AvgIpc) is 3.22. The van der Waals surface area contributed by atoms with Crippen LogP contribution in [0.1, 0.15) is 47.1 Å². The number of amides is 1. The van der Waals surface area contributed by atoms with Crippen LogP contribution in [0.2, 0.25) is 0 Å². The summed E-state index contributed by atoms with van der Waals surface area (Å²) in [6.45, 7) is 5.55. The van der Waals surface area contributed by atoms with Gasteiger partial charge in [-0.25, -0.2) is 4.79 Å². The van der Waals surface area contributed by atoms with Gasteiger partial charge in [0.25, 0.3) is 5.91 Å². The number of ether oxygens (including phenoxy) is 1. The maximum atomic E-state index is 12.0. The summed E-state index contributed by atoms with van der Waals surface area (Å²) in [5, 5.41) is 11.9. The van der Waals surface area contributed by atoms with Crippen molar-refractivity contribution in [2.45, 2.75) is 39.7 Å². The Morgan fingerprint density at radius 2 is 2.14 bits per heavy atom. The van der Waals surface area contributed by atoms with E-state index in [1.807, 2.05) is 6.07 Å². The van der Waals surface area contributed by atoms with Gasteiger partial charge in [-0.2, -0.15) is 5.26 Å². The lowest BCUT2D eigenvalue weighted by Gasteiger charge is -2.02. The molecule has 1 aromatic rings. The molecule has 0 bridgehead atoms. The van der Waals surface area contributed by atoms with Crippen LogP contribution in [0.5, 0.6) is 0 Å². The highest BCUT2D eigenvalue weighted by molar-refractivity contribution is 6.02. The van der Waals surface area contributed by atoms with Crippen molar-refractivity contribution in [3.8, 4) is 6.07 Å². The maximum absolute atomic E-state index is 12.0. The first-order valence-corrected chi connectivity index (χ1v) is 7.26. The highest BCUT2D eigenvalue weighted by Gasteiger charge is 2.25. The fourth-order valence-corrected chi connectivity index (χ4v) is 2.21. The number of hydrogen-bond acceptors (Lipinski definition) is 4. The van der Waals surface area contributed by atoms with E-state index in [-0.39, 0.29) is 17.5 Å². The normalized spacial score (nSPS) is 14.4.